The number of fused-ring (bicyclic) bond motifs is 1. The average Bonchev–Trinajstić information content (AvgIpc) is 3.45. The van der Waals surface area contributed by atoms with Crippen molar-refractivity contribution in [2.45, 2.75) is 25.5 Å². The molecule has 4 heterocycles. The van der Waals surface area contributed by atoms with Gasteiger partial charge < -0.3 is 19.4 Å². The normalized spacial score (nSPS) is 20.1. The first-order valence-corrected chi connectivity index (χ1v) is 11.3. The van der Waals surface area contributed by atoms with Gasteiger partial charge in [0.25, 0.3) is 5.91 Å². The predicted octanol–water partition coefficient (Wildman–Crippen LogP) is 3.12. The van der Waals surface area contributed by atoms with Crippen LogP contribution in [0.4, 0.5) is 0 Å². The molecule has 160 valence electrons. The Bertz CT molecular complexity index is 1060. The van der Waals surface area contributed by atoms with E-state index in [1.165, 1.54) is 6.26 Å². The lowest BCUT2D eigenvalue weighted by Crippen LogP contribution is -2.54. The van der Waals surface area contributed by atoms with Crippen molar-refractivity contribution in [2.24, 2.45) is 5.92 Å². The molecular formula is C23H23N3O4S. The number of aromatic nitrogens is 1. The van der Waals surface area contributed by atoms with Crippen molar-refractivity contribution in [1.82, 2.24) is 15.2 Å². The number of nitrogens with one attached hydrogen (secondary N) is 1. The Labute approximate surface area is 184 Å². The summed E-state index contributed by atoms with van der Waals surface area (Å²) in [6.07, 6.45) is 3.02. The van der Waals surface area contributed by atoms with Gasteiger partial charge in [0.15, 0.2) is 5.69 Å². The molecule has 0 saturated carbocycles. The molecule has 31 heavy (non-hydrogen) atoms. The highest BCUT2D eigenvalue weighted by Gasteiger charge is 2.39. The van der Waals surface area contributed by atoms with Crippen LogP contribution in [-0.4, -0.2) is 47.5 Å². The van der Waals surface area contributed by atoms with E-state index in [1.807, 2.05) is 46.0 Å². The maximum atomic E-state index is 12.8. The monoisotopic (exact) mass is 437 g/mol. The second-order valence-corrected chi connectivity index (χ2v) is 8.77. The summed E-state index contributed by atoms with van der Waals surface area (Å²) in [5.74, 6) is 0.766. The van der Waals surface area contributed by atoms with Gasteiger partial charge in [-0.3, -0.25) is 9.59 Å². The number of oxazole rings is 1. The fourth-order valence-electron chi connectivity index (χ4n) is 3.97. The zero-order chi connectivity index (χ0) is 21.2. The van der Waals surface area contributed by atoms with Gasteiger partial charge in [-0.1, -0.05) is 12.1 Å². The predicted molar refractivity (Wildman–Crippen MR) is 116 cm³/mol. The molecule has 2 saturated heterocycles. The molecule has 3 aromatic rings. The highest BCUT2D eigenvalue weighted by atomic mass is 32.1. The van der Waals surface area contributed by atoms with Crippen molar-refractivity contribution in [1.29, 1.82) is 0 Å². The van der Waals surface area contributed by atoms with Crippen molar-refractivity contribution in [3.63, 3.8) is 0 Å². The van der Waals surface area contributed by atoms with Gasteiger partial charge in [0.2, 0.25) is 11.8 Å². The van der Waals surface area contributed by atoms with Crippen LogP contribution in [0, 0.1) is 5.92 Å². The first-order valence-electron chi connectivity index (χ1n) is 10.4. The topological polar surface area (TPSA) is 84.7 Å². The van der Waals surface area contributed by atoms with Crippen molar-refractivity contribution in [3.05, 3.63) is 64.2 Å². The maximum absolute atomic E-state index is 12.8. The number of carbonyl (C=O) groups is 2. The third-order valence-corrected chi connectivity index (χ3v) is 6.57. The first kappa shape index (κ1) is 20.0. The third-order valence-electron chi connectivity index (χ3n) is 5.83. The Balaban J connectivity index is 1.17. The molecule has 2 amide bonds. The molecule has 0 bridgehead atoms. The first-order chi connectivity index (χ1) is 15.2. The van der Waals surface area contributed by atoms with Crippen LogP contribution in [0.3, 0.4) is 0 Å². The standard InChI is InChI=1S/C23H23N3O4S/c27-21(9-16-6-8-31-14-16)24-10-15-1-3-17(4-2-15)22-25-19(13-30-22)23(28)26-7-5-20-18(11-26)12-29-20/h1-4,6,8,13-14,18,20H,5,7,9-12H2,(H,24,27). The summed E-state index contributed by atoms with van der Waals surface area (Å²) in [5.41, 5.74) is 3.13. The molecule has 2 unspecified atom stereocenters. The molecule has 2 atom stereocenters. The average molecular weight is 438 g/mol. The Kier molecular flexibility index (Phi) is 5.57. The number of hydrogen-bond acceptors (Lipinski definition) is 6. The summed E-state index contributed by atoms with van der Waals surface area (Å²) in [4.78, 5) is 31.0. The van der Waals surface area contributed by atoms with E-state index in [2.05, 4.69) is 10.3 Å². The lowest BCUT2D eigenvalue weighted by molar-refractivity contribution is -0.142. The zero-order valence-corrected chi connectivity index (χ0v) is 17.8. The van der Waals surface area contributed by atoms with Crippen LogP contribution in [0.5, 0.6) is 0 Å². The quantitative estimate of drug-likeness (QED) is 0.641. The SMILES string of the molecule is O=C(Cc1ccsc1)NCc1ccc(-c2nc(C(=O)N3CCC4OCC4C3)co2)cc1. The van der Waals surface area contributed by atoms with E-state index < -0.39 is 0 Å². The van der Waals surface area contributed by atoms with Crippen LogP contribution in [-0.2, 0) is 22.5 Å². The minimum atomic E-state index is -0.0923. The maximum Gasteiger partial charge on any atom is 0.275 e. The molecule has 2 aromatic heterocycles. The largest absolute Gasteiger partial charge is 0.444 e. The van der Waals surface area contributed by atoms with Crippen LogP contribution in [0.2, 0.25) is 0 Å². The minimum absolute atomic E-state index is 0.00386. The Morgan fingerprint density at radius 1 is 1.19 bits per heavy atom. The van der Waals surface area contributed by atoms with E-state index in [-0.39, 0.29) is 11.8 Å². The molecule has 0 aliphatic carbocycles. The van der Waals surface area contributed by atoms with Gasteiger partial charge in [0, 0.05) is 31.1 Å². The fourth-order valence-corrected chi connectivity index (χ4v) is 4.64. The molecule has 7 nitrogen and oxygen atoms in total. The molecule has 0 spiro atoms. The number of amides is 2. The summed E-state index contributed by atoms with van der Waals surface area (Å²) >= 11 is 1.59. The van der Waals surface area contributed by atoms with E-state index in [0.29, 0.717) is 43.1 Å². The van der Waals surface area contributed by atoms with Crippen LogP contribution >= 0.6 is 11.3 Å². The van der Waals surface area contributed by atoms with Crippen molar-refractivity contribution >= 4 is 23.2 Å². The van der Waals surface area contributed by atoms with Gasteiger partial charge in [-0.2, -0.15) is 11.3 Å². The number of ether oxygens (including phenoxy) is 1. The van der Waals surface area contributed by atoms with Gasteiger partial charge in [-0.05, 0) is 46.5 Å². The summed E-state index contributed by atoms with van der Waals surface area (Å²) in [6.45, 7) is 2.60. The number of carbonyl (C=O) groups excluding carboxylic acids is 2. The van der Waals surface area contributed by atoms with Crippen molar-refractivity contribution in [3.8, 4) is 11.5 Å². The Morgan fingerprint density at radius 2 is 2.06 bits per heavy atom. The smallest absolute Gasteiger partial charge is 0.275 e. The van der Waals surface area contributed by atoms with Gasteiger partial charge >= 0.3 is 0 Å². The van der Waals surface area contributed by atoms with Gasteiger partial charge in [-0.25, -0.2) is 4.98 Å². The molecule has 1 N–H and O–H groups in total. The second-order valence-electron chi connectivity index (χ2n) is 7.99. The number of hydrogen-bond donors (Lipinski definition) is 1. The lowest BCUT2D eigenvalue weighted by Gasteiger charge is -2.44. The molecule has 2 aliphatic rings. The summed E-state index contributed by atoms with van der Waals surface area (Å²) < 4.78 is 11.1. The molecule has 2 fully saturated rings. The fraction of sp³-hybridized carbons (Fsp3) is 0.348. The van der Waals surface area contributed by atoms with E-state index in [4.69, 9.17) is 9.15 Å². The highest BCUT2D eigenvalue weighted by molar-refractivity contribution is 7.08. The van der Waals surface area contributed by atoms with Crippen LogP contribution < -0.4 is 5.32 Å². The van der Waals surface area contributed by atoms with E-state index in [0.717, 1.165) is 36.3 Å². The van der Waals surface area contributed by atoms with Gasteiger partial charge in [0.05, 0.1) is 19.1 Å². The number of nitrogens with zero attached hydrogens (tertiary/aromatic N) is 2. The van der Waals surface area contributed by atoms with E-state index >= 15 is 0 Å². The van der Waals surface area contributed by atoms with Crippen LogP contribution in [0.1, 0.15) is 28.0 Å². The van der Waals surface area contributed by atoms with Gasteiger partial charge in [-0.15, -0.1) is 0 Å². The number of rotatable bonds is 6. The Morgan fingerprint density at radius 3 is 2.77 bits per heavy atom. The highest BCUT2D eigenvalue weighted by Crippen LogP contribution is 2.29. The summed E-state index contributed by atoms with van der Waals surface area (Å²) in [7, 11) is 0. The lowest BCUT2D eigenvalue weighted by atomic mass is 9.90. The van der Waals surface area contributed by atoms with Gasteiger partial charge in [0.1, 0.15) is 6.26 Å². The second kappa shape index (κ2) is 8.64. The molecular weight excluding hydrogens is 414 g/mol. The third kappa shape index (κ3) is 4.40. The minimum Gasteiger partial charge on any atom is -0.444 e. The molecule has 1 aromatic carbocycles. The number of thiophene rings is 1. The van der Waals surface area contributed by atoms with Crippen molar-refractivity contribution < 1.29 is 18.7 Å². The van der Waals surface area contributed by atoms with Crippen molar-refractivity contribution in [2.75, 3.05) is 19.7 Å². The molecule has 5 rings (SSSR count). The van der Waals surface area contributed by atoms with Crippen LogP contribution in [0.15, 0.2) is 51.8 Å². The summed E-state index contributed by atoms with van der Waals surface area (Å²) in [6, 6.07) is 9.58. The van der Waals surface area contributed by atoms with E-state index in [1.54, 1.807) is 11.3 Å². The number of benzene rings is 1. The van der Waals surface area contributed by atoms with Crippen LogP contribution in [0.25, 0.3) is 11.5 Å². The number of piperidine rings is 1. The molecule has 0 radical (unpaired) electrons. The summed E-state index contributed by atoms with van der Waals surface area (Å²) in [5, 5.41) is 6.88. The molecule has 2 aliphatic heterocycles. The zero-order valence-electron chi connectivity index (χ0n) is 17.0. The molecule has 8 heteroatoms. The van der Waals surface area contributed by atoms with E-state index in [9.17, 15) is 9.59 Å². The number of likely N-dealkylation sites (tertiary alicyclic amines) is 1. The Hall–Kier alpha value is -2.97.